The molecule has 0 aromatic heterocycles. The highest BCUT2D eigenvalue weighted by molar-refractivity contribution is 5.26. The fourth-order valence-corrected chi connectivity index (χ4v) is 2.33. The first-order valence-electron chi connectivity index (χ1n) is 6.75. The van der Waals surface area contributed by atoms with Crippen LogP contribution in [-0.4, -0.2) is 0 Å². The second kappa shape index (κ2) is 6.14. The summed E-state index contributed by atoms with van der Waals surface area (Å²) in [7, 11) is 0. The van der Waals surface area contributed by atoms with Crippen molar-refractivity contribution in [2.45, 2.75) is 32.9 Å². The zero-order valence-electron chi connectivity index (χ0n) is 12.0. The number of nitrogens with one attached hydrogen (secondary N) is 1. The van der Waals surface area contributed by atoms with Gasteiger partial charge in [-0.1, -0.05) is 35.9 Å². The van der Waals surface area contributed by atoms with Crippen LogP contribution in [0.15, 0.2) is 42.5 Å². The van der Waals surface area contributed by atoms with Crippen LogP contribution < -0.4 is 5.32 Å². The van der Waals surface area contributed by atoms with Crippen LogP contribution in [0.5, 0.6) is 0 Å². The second-order valence-corrected chi connectivity index (χ2v) is 5.16. The van der Waals surface area contributed by atoms with Crippen molar-refractivity contribution in [3.8, 4) is 0 Å². The molecule has 0 fully saturated rings. The quantitative estimate of drug-likeness (QED) is 0.854. The zero-order chi connectivity index (χ0) is 14.7. The van der Waals surface area contributed by atoms with Crippen LogP contribution in [-0.2, 0) is 0 Å². The molecule has 0 spiro atoms. The summed E-state index contributed by atoms with van der Waals surface area (Å²) in [6.45, 7) is 5.78. The molecule has 0 aliphatic heterocycles. The molecule has 2 aromatic carbocycles. The number of hydrogen-bond acceptors (Lipinski definition) is 1. The minimum absolute atomic E-state index is 0.0182. The summed E-state index contributed by atoms with van der Waals surface area (Å²) in [5, 5.41) is 3.23. The van der Waals surface area contributed by atoms with Crippen LogP contribution in [0.2, 0.25) is 0 Å². The minimum atomic E-state index is -0.513. The molecular formula is C17H19F2N. The maximum atomic E-state index is 13.7. The average molecular weight is 275 g/mol. The van der Waals surface area contributed by atoms with Gasteiger partial charge in [0.1, 0.15) is 11.6 Å². The van der Waals surface area contributed by atoms with Gasteiger partial charge < -0.3 is 5.32 Å². The molecule has 1 N–H and O–H groups in total. The Balaban J connectivity index is 2.15. The zero-order valence-corrected chi connectivity index (χ0v) is 12.0. The smallest absolute Gasteiger partial charge is 0.130 e. The van der Waals surface area contributed by atoms with Gasteiger partial charge >= 0.3 is 0 Å². The highest BCUT2D eigenvalue weighted by atomic mass is 19.1. The summed E-state index contributed by atoms with van der Waals surface area (Å²) in [4.78, 5) is 0. The molecule has 1 nitrogen and oxygen atoms in total. The Morgan fingerprint density at radius 3 is 1.95 bits per heavy atom. The molecular weight excluding hydrogens is 256 g/mol. The molecule has 0 bridgehead atoms. The third-order valence-electron chi connectivity index (χ3n) is 3.51. The molecule has 1 unspecified atom stereocenters. The van der Waals surface area contributed by atoms with Gasteiger partial charge in [0.2, 0.25) is 0 Å². The summed E-state index contributed by atoms with van der Waals surface area (Å²) < 4.78 is 27.5. The first-order valence-corrected chi connectivity index (χ1v) is 6.75. The third kappa shape index (κ3) is 3.23. The predicted molar refractivity (Wildman–Crippen MR) is 77.5 cm³/mol. The molecule has 106 valence electrons. The molecule has 20 heavy (non-hydrogen) atoms. The number of benzene rings is 2. The fraction of sp³-hybridized carbons (Fsp3) is 0.294. The lowest BCUT2D eigenvalue weighted by molar-refractivity contribution is 0.450. The van der Waals surface area contributed by atoms with E-state index >= 15 is 0 Å². The monoisotopic (exact) mass is 275 g/mol. The summed E-state index contributed by atoms with van der Waals surface area (Å²) in [6.07, 6.45) is 0. The van der Waals surface area contributed by atoms with Gasteiger partial charge in [-0.15, -0.1) is 0 Å². The molecule has 3 heteroatoms. The largest absolute Gasteiger partial charge is 0.303 e. The van der Waals surface area contributed by atoms with E-state index in [-0.39, 0.29) is 11.6 Å². The highest BCUT2D eigenvalue weighted by Crippen LogP contribution is 2.24. The van der Waals surface area contributed by atoms with Crippen LogP contribution in [0.1, 0.15) is 42.6 Å². The van der Waals surface area contributed by atoms with Gasteiger partial charge in [-0.2, -0.15) is 0 Å². The minimum Gasteiger partial charge on any atom is -0.303 e. The molecule has 0 radical (unpaired) electrons. The Morgan fingerprint density at radius 2 is 1.40 bits per heavy atom. The van der Waals surface area contributed by atoms with Crippen molar-refractivity contribution in [2.75, 3.05) is 0 Å². The summed E-state index contributed by atoms with van der Waals surface area (Å²) in [5.41, 5.74) is 2.37. The van der Waals surface area contributed by atoms with E-state index in [1.54, 1.807) is 6.92 Å². The van der Waals surface area contributed by atoms with Gasteiger partial charge in [0.05, 0.1) is 0 Å². The maximum absolute atomic E-state index is 13.7. The number of hydrogen-bond donors (Lipinski definition) is 1. The summed E-state index contributed by atoms with van der Waals surface area (Å²) in [6, 6.07) is 11.7. The van der Waals surface area contributed by atoms with Crippen LogP contribution in [0, 0.1) is 18.6 Å². The van der Waals surface area contributed by atoms with E-state index in [1.165, 1.54) is 23.8 Å². The lowest BCUT2D eigenvalue weighted by Gasteiger charge is -2.21. The standard InChI is InChI=1S/C17H19F2N/c1-11-7-9-14(10-8-11)12(2)20-13(3)17-15(18)5-4-6-16(17)19/h4-10,12-13,20H,1-3H3/t12-,13?/m1/s1. The maximum Gasteiger partial charge on any atom is 0.130 e. The SMILES string of the molecule is Cc1ccc([C@@H](C)NC(C)c2c(F)cccc2F)cc1. The third-order valence-corrected chi connectivity index (χ3v) is 3.51. The normalized spacial score (nSPS) is 14.1. The topological polar surface area (TPSA) is 12.0 Å². The Labute approximate surface area is 118 Å². The fourth-order valence-electron chi connectivity index (χ4n) is 2.33. The molecule has 2 atom stereocenters. The van der Waals surface area contributed by atoms with Crippen molar-refractivity contribution in [3.63, 3.8) is 0 Å². The Morgan fingerprint density at radius 1 is 0.850 bits per heavy atom. The van der Waals surface area contributed by atoms with Crippen molar-refractivity contribution < 1.29 is 8.78 Å². The summed E-state index contributed by atoms with van der Waals surface area (Å²) in [5.74, 6) is -1.03. The van der Waals surface area contributed by atoms with Crippen LogP contribution in [0.25, 0.3) is 0 Å². The average Bonchev–Trinajstić information content (AvgIpc) is 2.39. The van der Waals surface area contributed by atoms with Crippen LogP contribution in [0.3, 0.4) is 0 Å². The van der Waals surface area contributed by atoms with E-state index in [2.05, 4.69) is 5.32 Å². The van der Waals surface area contributed by atoms with Gasteiger partial charge in [-0.05, 0) is 38.5 Å². The van der Waals surface area contributed by atoms with Crippen molar-refractivity contribution in [1.82, 2.24) is 5.32 Å². The Hall–Kier alpha value is -1.74. The number of rotatable bonds is 4. The van der Waals surface area contributed by atoms with E-state index in [4.69, 9.17) is 0 Å². The van der Waals surface area contributed by atoms with E-state index in [0.717, 1.165) is 5.56 Å². The van der Waals surface area contributed by atoms with E-state index in [0.29, 0.717) is 0 Å². The summed E-state index contributed by atoms with van der Waals surface area (Å²) >= 11 is 0. The number of halogens is 2. The first kappa shape index (κ1) is 14.7. The predicted octanol–water partition coefficient (Wildman–Crippen LogP) is 4.69. The van der Waals surface area contributed by atoms with Crippen LogP contribution >= 0.6 is 0 Å². The van der Waals surface area contributed by atoms with E-state index < -0.39 is 17.7 Å². The van der Waals surface area contributed by atoms with E-state index in [1.807, 2.05) is 38.1 Å². The van der Waals surface area contributed by atoms with Gasteiger partial charge in [0.25, 0.3) is 0 Å². The molecule has 2 aromatic rings. The highest BCUT2D eigenvalue weighted by Gasteiger charge is 2.18. The van der Waals surface area contributed by atoms with Gasteiger partial charge in [0.15, 0.2) is 0 Å². The molecule has 0 heterocycles. The second-order valence-electron chi connectivity index (χ2n) is 5.16. The lowest BCUT2D eigenvalue weighted by Crippen LogP contribution is -2.24. The van der Waals surface area contributed by atoms with Crippen molar-refractivity contribution in [3.05, 3.63) is 70.8 Å². The van der Waals surface area contributed by atoms with Gasteiger partial charge in [-0.3, -0.25) is 0 Å². The first-order chi connectivity index (χ1) is 9.49. The molecule has 0 saturated carbocycles. The molecule has 0 aliphatic carbocycles. The molecule has 2 rings (SSSR count). The van der Waals surface area contributed by atoms with Gasteiger partial charge in [0, 0.05) is 17.6 Å². The van der Waals surface area contributed by atoms with Crippen LogP contribution in [0.4, 0.5) is 8.78 Å². The van der Waals surface area contributed by atoms with E-state index in [9.17, 15) is 8.78 Å². The number of aryl methyl sites for hydroxylation is 1. The lowest BCUT2D eigenvalue weighted by atomic mass is 10.0. The van der Waals surface area contributed by atoms with Crippen molar-refractivity contribution >= 4 is 0 Å². The van der Waals surface area contributed by atoms with Crippen molar-refractivity contribution in [2.24, 2.45) is 0 Å². The molecule has 0 amide bonds. The van der Waals surface area contributed by atoms with Crippen molar-refractivity contribution in [1.29, 1.82) is 0 Å². The Bertz CT molecular complexity index is 558. The Kier molecular flexibility index (Phi) is 4.50. The molecule has 0 saturated heterocycles. The van der Waals surface area contributed by atoms with Gasteiger partial charge in [-0.25, -0.2) is 8.78 Å². The molecule has 0 aliphatic rings.